The Bertz CT molecular complexity index is 1010. The van der Waals surface area contributed by atoms with E-state index in [1.807, 2.05) is 0 Å². The zero-order valence-electron chi connectivity index (χ0n) is 13.1. The van der Waals surface area contributed by atoms with E-state index in [4.69, 9.17) is 0 Å². The molecule has 0 bridgehead atoms. The van der Waals surface area contributed by atoms with Crippen LogP contribution in [0.2, 0.25) is 0 Å². The van der Waals surface area contributed by atoms with Crippen LogP contribution >= 0.6 is 22.7 Å². The molecule has 2 aromatic heterocycles. The van der Waals surface area contributed by atoms with E-state index in [0.29, 0.717) is 20.8 Å². The van der Waals surface area contributed by atoms with Gasteiger partial charge in [-0.15, -0.1) is 11.3 Å². The molecular weight excluding hydrogens is 366 g/mol. The number of fused-ring (bicyclic) bond motifs is 1. The molecule has 0 saturated carbocycles. The minimum Gasteiger partial charge on any atom is -0.465 e. The van der Waals surface area contributed by atoms with E-state index in [2.05, 4.69) is 15.0 Å². The van der Waals surface area contributed by atoms with Gasteiger partial charge in [-0.1, -0.05) is 11.3 Å². The second kappa shape index (κ2) is 6.57. The van der Waals surface area contributed by atoms with Crippen LogP contribution in [0, 0.1) is 17.0 Å². The monoisotopic (exact) mass is 377 g/mol. The smallest absolute Gasteiger partial charge is 0.350 e. The van der Waals surface area contributed by atoms with Gasteiger partial charge in [0.15, 0.2) is 5.13 Å². The van der Waals surface area contributed by atoms with Crippen LogP contribution in [0.1, 0.15) is 25.0 Å². The molecule has 1 N–H and O–H groups in total. The van der Waals surface area contributed by atoms with Gasteiger partial charge in [0.2, 0.25) is 0 Å². The molecule has 0 aliphatic carbocycles. The Balaban J connectivity index is 1.85. The molecule has 1 amide bonds. The Labute approximate surface area is 149 Å². The fourth-order valence-corrected chi connectivity index (χ4v) is 3.96. The second-order valence-electron chi connectivity index (χ2n) is 4.97. The number of thiophene rings is 1. The van der Waals surface area contributed by atoms with Gasteiger partial charge in [0.05, 0.1) is 22.6 Å². The zero-order chi connectivity index (χ0) is 18.1. The predicted molar refractivity (Wildman–Crippen MR) is 94.6 cm³/mol. The van der Waals surface area contributed by atoms with Gasteiger partial charge < -0.3 is 4.74 Å². The number of rotatable bonds is 4. The molecule has 0 aliphatic heterocycles. The van der Waals surface area contributed by atoms with Gasteiger partial charge in [-0.2, -0.15) is 0 Å². The number of hydrogen-bond acceptors (Lipinski definition) is 8. The quantitative estimate of drug-likeness (QED) is 0.422. The van der Waals surface area contributed by atoms with Crippen molar-refractivity contribution < 1.29 is 19.2 Å². The molecule has 3 aromatic rings. The molecule has 0 unspecified atom stereocenters. The van der Waals surface area contributed by atoms with Crippen LogP contribution in [-0.2, 0) is 4.74 Å². The number of ether oxygens (including phenoxy) is 1. The maximum absolute atomic E-state index is 12.4. The van der Waals surface area contributed by atoms with Gasteiger partial charge in [-0.3, -0.25) is 20.2 Å². The lowest BCUT2D eigenvalue weighted by Gasteiger charge is -1.97. The van der Waals surface area contributed by atoms with Gasteiger partial charge in [0.1, 0.15) is 4.88 Å². The van der Waals surface area contributed by atoms with Crippen molar-refractivity contribution in [3.05, 3.63) is 49.8 Å². The first kappa shape index (κ1) is 17.0. The highest BCUT2D eigenvalue weighted by Crippen LogP contribution is 2.30. The number of thiazole rings is 1. The molecule has 0 aliphatic rings. The molecule has 0 radical (unpaired) electrons. The number of benzene rings is 1. The third-order valence-electron chi connectivity index (χ3n) is 3.32. The molecule has 0 saturated heterocycles. The first-order valence-electron chi connectivity index (χ1n) is 6.94. The molecule has 0 fully saturated rings. The van der Waals surface area contributed by atoms with Crippen LogP contribution in [0.3, 0.4) is 0 Å². The Hall–Kier alpha value is -2.85. The van der Waals surface area contributed by atoms with Gasteiger partial charge in [-0.25, -0.2) is 9.78 Å². The molecule has 0 atom stereocenters. The summed E-state index contributed by atoms with van der Waals surface area (Å²) in [5, 5.41) is 14.4. The number of nitro benzene ring substituents is 1. The number of nitrogens with one attached hydrogen (secondary N) is 1. The molecule has 8 nitrogen and oxygen atoms in total. The number of anilines is 1. The number of aryl methyl sites for hydroxylation is 1. The van der Waals surface area contributed by atoms with Gasteiger partial charge in [0.25, 0.3) is 11.6 Å². The number of carbonyl (C=O) groups excluding carboxylic acids is 2. The van der Waals surface area contributed by atoms with Gasteiger partial charge in [0, 0.05) is 22.2 Å². The van der Waals surface area contributed by atoms with Crippen LogP contribution < -0.4 is 5.32 Å². The Morgan fingerprint density at radius 3 is 2.72 bits per heavy atom. The Kier molecular flexibility index (Phi) is 4.47. The van der Waals surface area contributed by atoms with Crippen LogP contribution in [-0.4, -0.2) is 28.9 Å². The first-order chi connectivity index (χ1) is 11.9. The third kappa shape index (κ3) is 3.35. The third-order valence-corrected chi connectivity index (χ3v) is 5.49. The van der Waals surface area contributed by atoms with E-state index in [0.717, 1.165) is 16.0 Å². The lowest BCUT2D eigenvalue weighted by molar-refractivity contribution is -0.384. The number of non-ortho nitro benzene ring substituents is 1. The van der Waals surface area contributed by atoms with Crippen molar-refractivity contribution in [3.8, 4) is 0 Å². The fraction of sp³-hybridized carbons (Fsp3) is 0.133. The van der Waals surface area contributed by atoms with E-state index in [1.165, 1.54) is 30.6 Å². The number of amides is 1. The highest BCUT2D eigenvalue weighted by Gasteiger charge is 2.19. The highest BCUT2D eigenvalue weighted by atomic mass is 32.1. The summed E-state index contributed by atoms with van der Waals surface area (Å²) in [6.07, 6.45) is 0. The van der Waals surface area contributed by atoms with Crippen LogP contribution in [0.25, 0.3) is 10.1 Å². The van der Waals surface area contributed by atoms with Gasteiger partial charge >= 0.3 is 5.97 Å². The minimum absolute atomic E-state index is 0.0319. The first-order valence-corrected chi connectivity index (χ1v) is 8.57. The Morgan fingerprint density at radius 1 is 1.28 bits per heavy atom. The van der Waals surface area contributed by atoms with E-state index in [9.17, 15) is 19.7 Å². The molecule has 2 heterocycles. The average molecular weight is 377 g/mol. The maximum Gasteiger partial charge on any atom is 0.350 e. The van der Waals surface area contributed by atoms with Crippen LogP contribution in [0.4, 0.5) is 10.8 Å². The lowest BCUT2D eigenvalue weighted by atomic mass is 10.2. The van der Waals surface area contributed by atoms with Crippen molar-refractivity contribution in [2.75, 3.05) is 12.4 Å². The molecule has 0 spiro atoms. The summed E-state index contributed by atoms with van der Waals surface area (Å²) < 4.78 is 5.42. The summed E-state index contributed by atoms with van der Waals surface area (Å²) in [6.45, 7) is 1.65. The molecule has 25 heavy (non-hydrogen) atoms. The number of nitrogens with zero attached hydrogens (tertiary/aromatic N) is 2. The molecule has 128 valence electrons. The molecule has 10 heteroatoms. The van der Waals surface area contributed by atoms with Crippen molar-refractivity contribution in [3.63, 3.8) is 0 Å². The van der Waals surface area contributed by atoms with E-state index in [1.54, 1.807) is 19.1 Å². The molecular formula is C15H11N3O5S2. The number of methoxy groups -OCH3 is 1. The average Bonchev–Trinajstić information content (AvgIpc) is 3.16. The maximum atomic E-state index is 12.4. The van der Waals surface area contributed by atoms with E-state index >= 15 is 0 Å². The Morgan fingerprint density at radius 2 is 2.04 bits per heavy atom. The van der Waals surface area contributed by atoms with Gasteiger partial charge in [-0.05, 0) is 19.1 Å². The number of nitro groups is 1. The van der Waals surface area contributed by atoms with Crippen molar-refractivity contribution in [2.24, 2.45) is 0 Å². The lowest BCUT2D eigenvalue weighted by Crippen LogP contribution is -2.09. The summed E-state index contributed by atoms with van der Waals surface area (Å²) in [5.74, 6) is -0.904. The summed E-state index contributed by atoms with van der Waals surface area (Å²) in [6, 6.07) is 6.01. The molecule has 1 aromatic carbocycles. The van der Waals surface area contributed by atoms with Crippen LogP contribution in [0.15, 0.2) is 24.3 Å². The number of aromatic nitrogens is 1. The number of carbonyl (C=O) groups is 2. The van der Waals surface area contributed by atoms with Crippen molar-refractivity contribution >= 4 is 55.5 Å². The van der Waals surface area contributed by atoms with Crippen molar-refractivity contribution in [1.82, 2.24) is 4.98 Å². The largest absolute Gasteiger partial charge is 0.465 e. The normalized spacial score (nSPS) is 10.6. The summed E-state index contributed by atoms with van der Waals surface area (Å²) in [5.41, 5.74) is 0.439. The fourth-order valence-electron chi connectivity index (χ4n) is 2.15. The molecule has 3 rings (SSSR count). The van der Waals surface area contributed by atoms with Crippen molar-refractivity contribution in [1.29, 1.82) is 0 Å². The summed E-state index contributed by atoms with van der Waals surface area (Å²) in [7, 11) is 1.27. The standard InChI is InChI=1S/C15H11N3O5S2/c1-7-12(14(20)23-2)25-15(16-7)17-13(19)11-6-8-5-9(18(21)22)3-4-10(8)24-11/h3-6H,1-2H3,(H,16,17,19). The highest BCUT2D eigenvalue weighted by molar-refractivity contribution is 7.21. The topological polar surface area (TPSA) is 111 Å². The van der Waals surface area contributed by atoms with Crippen LogP contribution in [0.5, 0.6) is 0 Å². The number of esters is 1. The number of hydrogen-bond donors (Lipinski definition) is 1. The second-order valence-corrected chi connectivity index (χ2v) is 7.05. The SMILES string of the molecule is COC(=O)c1sc(NC(=O)c2cc3cc([N+](=O)[O-])ccc3s2)nc1C. The predicted octanol–water partition coefficient (Wildman–Crippen LogP) is 3.61. The van der Waals surface area contributed by atoms with E-state index < -0.39 is 16.8 Å². The van der Waals surface area contributed by atoms with E-state index in [-0.39, 0.29) is 10.8 Å². The van der Waals surface area contributed by atoms with Crippen molar-refractivity contribution in [2.45, 2.75) is 6.92 Å². The summed E-state index contributed by atoms with van der Waals surface area (Å²) >= 11 is 2.24. The zero-order valence-corrected chi connectivity index (χ0v) is 14.7. The summed E-state index contributed by atoms with van der Waals surface area (Å²) in [4.78, 5) is 39.2. The minimum atomic E-state index is -0.510.